The maximum Gasteiger partial charge on any atom is 0.160 e. The third kappa shape index (κ3) is 5.61. The molecule has 0 spiro atoms. The van der Waals surface area contributed by atoms with Gasteiger partial charge in [0, 0.05) is 21.2 Å². The third-order valence-electron chi connectivity index (χ3n) is 9.08. The lowest BCUT2D eigenvalue weighted by atomic mass is 9.95. The summed E-state index contributed by atoms with van der Waals surface area (Å²) in [7, 11) is 0. The zero-order valence-corrected chi connectivity index (χ0v) is 27.4. The van der Waals surface area contributed by atoms with Gasteiger partial charge in [-0.05, 0) is 74.8 Å². The van der Waals surface area contributed by atoms with Gasteiger partial charge < -0.3 is 0 Å². The predicted molar refractivity (Wildman–Crippen MR) is 208 cm³/mol. The van der Waals surface area contributed by atoms with Crippen LogP contribution in [0.2, 0.25) is 0 Å². The van der Waals surface area contributed by atoms with E-state index in [-0.39, 0.29) is 0 Å². The molecule has 0 saturated heterocycles. The molecule has 0 radical (unpaired) electrons. The summed E-state index contributed by atoms with van der Waals surface area (Å²) in [5.41, 5.74) is 13.5. The lowest BCUT2D eigenvalue weighted by Gasteiger charge is -2.11. The molecule has 0 aliphatic heterocycles. The van der Waals surface area contributed by atoms with Crippen LogP contribution < -0.4 is 0 Å². The van der Waals surface area contributed by atoms with E-state index in [1.165, 1.54) is 38.1 Å². The largest absolute Gasteiger partial charge is 0.226 e. The Morgan fingerprint density at radius 2 is 0.735 bits per heavy atom. The number of benzene rings is 7. The number of nitrogens with zero attached hydrogens (tertiary/aromatic N) is 2. The summed E-state index contributed by atoms with van der Waals surface area (Å²) in [5, 5.41) is 1.16. The first-order chi connectivity index (χ1) is 24.3. The quantitative estimate of drug-likeness (QED) is 0.180. The minimum atomic E-state index is 0.727. The summed E-state index contributed by atoms with van der Waals surface area (Å²) in [5.74, 6) is 0.727. The van der Waals surface area contributed by atoms with Crippen LogP contribution in [0.3, 0.4) is 0 Å². The van der Waals surface area contributed by atoms with Gasteiger partial charge in [-0.1, -0.05) is 152 Å². The molecule has 0 aliphatic carbocycles. The van der Waals surface area contributed by atoms with Crippen molar-refractivity contribution >= 4 is 31.6 Å². The van der Waals surface area contributed by atoms with Crippen molar-refractivity contribution in [3.63, 3.8) is 0 Å². The van der Waals surface area contributed by atoms with Crippen LogP contribution in [-0.2, 0) is 0 Å². The molecule has 0 amide bonds. The first-order valence-electron chi connectivity index (χ1n) is 16.5. The van der Waals surface area contributed by atoms with E-state index in [0.29, 0.717) is 0 Å². The topological polar surface area (TPSA) is 25.8 Å². The number of hydrogen-bond donors (Lipinski definition) is 0. The van der Waals surface area contributed by atoms with Crippen molar-refractivity contribution in [1.82, 2.24) is 9.97 Å². The van der Waals surface area contributed by atoms with Gasteiger partial charge in [-0.15, -0.1) is 11.3 Å². The molecule has 0 saturated carbocycles. The second-order valence-corrected chi connectivity index (χ2v) is 13.3. The Kier molecular flexibility index (Phi) is 7.38. The number of aromatic nitrogens is 2. The Balaban J connectivity index is 1.15. The number of rotatable bonds is 6. The van der Waals surface area contributed by atoms with E-state index in [0.717, 1.165) is 49.4 Å². The summed E-state index contributed by atoms with van der Waals surface area (Å²) < 4.78 is 2.32. The molecule has 3 heteroatoms. The Bertz CT molecular complexity index is 2600. The molecule has 0 fully saturated rings. The van der Waals surface area contributed by atoms with Crippen molar-refractivity contribution < 1.29 is 0 Å². The predicted octanol–water partition coefficient (Wildman–Crippen LogP) is 12.8. The Morgan fingerprint density at radius 3 is 1.31 bits per heavy atom. The second kappa shape index (κ2) is 12.5. The fourth-order valence-corrected chi connectivity index (χ4v) is 7.77. The number of hydrogen-bond acceptors (Lipinski definition) is 3. The lowest BCUT2D eigenvalue weighted by Crippen LogP contribution is -1.94. The Morgan fingerprint density at radius 1 is 0.327 bits per heavy atom. The van der Waals surface area contributed by atoms with E-state index in [2.05, 4.69) is 182 Å². The average Bonchev–Trinajstić information content (AvgIpc) is 3.57. The van der Waals surface area contributed by atoms with E-state index in [1.54, 1.807) is 11.3 Å². The molecule has 9 aromatic rings. The molecule has 7 aromatic carbocycles. The van der Waals surface area contributed by atoms with Crippen LogP contribution in [0.15, 0.2) is 182 Å². The van der Waals surface area contributed by atoms with Crippen LogP contribution in [0, 0.1) is 0 Å². The second-order valence-electron chi connectivity index (χ2n) is 12.2. The summed E-state index contributed by atoms with van der Waals surface area (Å²) in [6, 6.07) is 64.5. The van der Waals surface area contributed by atoms with E-state index >= 15 is 0 Å². The normalized spacial score (nSPS) is 11.3. The first-order valence-corrected chi connectivity index (χ1v) is 17.3. The summed E-state index contributed by atoms with van der Waals surface area (Å²) >= 11 is 1.76. The molecule has 0 bridgehead atoms. The first kappa shape index (κ1) is 29.0. The molecule has 2 nitrogen and oxygen atoms in total. The maximum absolute atomic E-state index is 5.31. The molecular weight excluding hydrogens is 613 g/mol. The van der Waals surface area contributed by atoms with Gasteiger partial charge in [0.2, 0.25) is 0 Å². The monoisotopic (exact) mass is 642 g/mol. The van der Waals surface area contributed by atoms with E-state index in [1.807, 2.05) is 0 Å². The molecule has 9 rings (SSSR count). The highest BCUT2D eigenvalue weighted by atomic mass is 32.1. The Labute approximate surface area is 289 Å². The van der Waals surface area contributed by atoms with Crippen LogP contribution in [-0.4, -0.2) is 9.97 Å². The zero-order chi connectivity index (χ0) is 32.6. The third-order valence-corrected chi connectivity index (χ3v) is 10.2. The van der Waals surface area contributed by atoms with Crippen molar-refractivity contribution in [2.45, 2.75) is 0 Å². The minimum Gasteiger partial charge on any atom is -0.226 e. The number of fused-ring (bicyclic) bond motifs is 3. The molecule has 2 heterocycles. The molecule has 2 aromatic heterocycles. The average molecular weight is 643 g/mol. The van der Waals surface area contributed by atoms with Gasteiger partial charge in [-0.2, -0.15) is 0 Å². The van der Waals surface area contributed by atoms with E-state index in [9.17, 15) is 0 Å². The Hall–Kier alpha value is -6.16. The standard InChI is InChI=1S/C46H30N2S/c1-3-13-31(14-4-1)33-17-9-19-35(27-33)36-20-10-21-37(28-36)38-22-12-24-40(30-38)46-47-43(45-44(48-46)41-25-7-8-26-42(41)49-45)39-23-11-18-34(29-39)32-15-5-2-6-16-32/h1-30H. The van der Waals surface area contributed by atoms with Gasteiger partial charge in [-0.3, -0.25) is 0 Å². The smallest absolute Gasteiger partial charge is 0.160 e. The molecule has 0 unspecified atom stereocenters. The molecule has 0 N–H and O–H groups in total. The van der Waals surface area contributed by atoms with Gasteiger partial charge >= 0.3 is 0 Å². The van der Waals surface area contributed by atoms with Crippen molar-refractivity contribution in [2.75, 3.05) is 0 Å². The van der Waals surface area contributed by atoms with Crippen molar-refractivity contribution in [1.29, 1.82) is 0 Å². The molecule has 49 heavy (non-hydrogen) atoms. The molecule has 0 aliphatic rings. The SMILES string of the molecule is c1ccc(-c2cccc(-c3cccc(-c4cccc(-c5nc(-c6cccc(-c7ccccc7)c6)c6sc7ccccc7c6n5)c4)c3)c2)cc1. The lowest BCUT2D eigenvalue weighted by molar-refractivity contribution is 1.24. The van der Waals surface area contributed by atoms with Crippen LogP contribution in [0.5, 0.6) is 0 Å². The minimum absolute atomic E-state index is 0.727. The van der Waals surface area contributed by atoms with E-state index in [4.69, 9.17) is 9.97 Å². The summed E-state index contributed by atoms with van der Waals surface area (Å²) in [6.45, 7) is 0. The van der Waals surface area contributed by atoms with Crippen LogP contribution in [0.4, 0.5) is 0 Å². The highest BCUT2D eigenvalue weighted by Crippen LogP contribution is 2.40. The highest BCUT2D eigenvalue weighted by molar-refractivity contribution is 7.26. The fourth-order valence-electron chi connectivity index (χ4n) is 6.62. The van der Waals surface area contributed by atoms with E-state index < -0.39 is 0 Å². The molecule has 0 atom stereocenters. The van der Waals surface area contributed by atoms with Gasteiger partial charge in [0.25, 0.3) is 0 Å². The van der Waals surface area contributed by atoms with Gasteiger partial charge in [-0.25, -0.2) is 9.97 Å². The van der Waals surface area contributed by atoms with Crippen LogP contribution in [0.1, 0.15) is 0 Å². The fraction of sp³-hybridized carbons (Fsp3) is 0. The summed E-state index contributed by atoms with van der Waals surface area (Å²) in [4.78, 5) is 10.5. The van der Waals surface area contributed by atoms with Crippen molar-refractivity contribution in [3.05, 3.63) is 182 Å². The molecule has 230 valence electrons. The highest BCUT2D eigenvalue weighted by Gasteiger charge is 2.17. The molecular formula is C46H30N2S. The summed E-state index contributed by atoms with van der Waals surface area (Å²) in [6.07, 6.45) is 0. The van der Waals surface area contributed by atoms with Crippen LogP contribution in [0.25, 0.3) is 87.5 Å². The van der Waals surface area contributed by atoms with Gasteiger partial charge in [0.1, 0.15) is 0 Å². The van der Waals surface area contributed by atoms with Gasteiger partial charge in [0.15, 0.2) is 5.82 Å². The van der Waals surface area contributed by atoms with Crippen molar-refractivity contribution in [2.24, 2.45) is 0 Å². The zero-order valence-electron chi connectivity index (χ0n) is 26.6. The van der Waals surface area contributed by atoms with Crippen molar-refractivity contribution in [3.8, 4) is 67.2 Å². The maximum atomic E-state index is 5.31. The van der Waals surface area contributed by atoms with Gasteiger partial charge in [0.05, 0.1) is 15.9 Å². The number of thiophene rings is 1. The van der Waals surface area contributed by atoms with Crippen LogP contribution >= 0.6 is 11.3 Å².